The normalized spacial score (nSPS) is 10.6. The van der Waals surface area contributed by atoms with Crippen molar-refractivity contribution in [2.24, 2.45) is 0 Å². The zero-order chi connectivity index (χ0) is 11.9. The van der Waals surface area contributed by atoms with Crippen molar-refractivity contribution in [3.05, 3.63) is 44.2 Å². The van der Waals surface area contributed by atoms with Gasteiger partial charge in [0.05, 0.1) is 21.1 Å². The first-order valence-electron chi connectivity index (χ1n) is 4.25. The summed E-state index contributed by atoms with van der Waals surface area (Å²) < 4.78 is 0. The van der Waals surface area contributed by atoms with Crippen LogP contribution in [0.1, 0.15) is 10.4 Å². The summed E-state index contributed by atoms with van der Waals surface area (Å²) in [4.78, 5) is 24.6. The minimum atomic E-state index is -1.19. The quantitative estimate of drug-likeness (QED) is 0.825. The van der Waals surface area contributed by atoms with Crippen LogP contribution in [0.2, 0.25) is 10.0 Å². The van der Waals surface area contributed by atoms with Crippen LogP contribution in [0.4, 0.5) is 0 Å². The van der Waals surface area contributed by atoms with E-state index in [0.29, 0.717) is 5.39 Å². The number of benzene rings is 1. The molecule has 0 atom stereocenters. The summed E-state index contributed by atoms with van der Waals surface area (Å²) in [5.41, 5.74) is -0.398. The number of aromatic nitrogens is 1. The highest BCUT2D eigenvalue weighted by Crippen LogP contribution is 2.29. The largest absolute Gasteiger partial charge is 0.478 e. The minimum absolute atomic E-state index is 0.0997. The van der Waals surface area contributed by atoms with Gasteiger partial charge in [0.1, 0.15) is 0 Å². The predicted octanol–water partition coefficient (Wildman–Crippen LogP) is 2.53. The Labute approximate surface area is 99.4 Å². The second kappa shape index (κ2) is 3.81. The molecule has 0 aliphatic carbocycles. The number of aromatic amines is 1. The van der Waals surface area contributed by atoms with Gasteiger partial charge in [0.2, 0.25) is 5.56 Å². The molecule has 1 aromatic heterocycles. The third-order valence-corrected chi connectivity index (χ3v) is 2.94. The van der Waals surface area contributed by atoms with Gasteiger partial charge in [-0.25, -0.2) is 4.79 Å². The van der Waals surface area contributed by atoms with Crippen LogP contribution in [0.3, 0.4) is 0 Å². The summed E-state index contributed by atoms with van der Waals surface area (Å²) in [5.74, 6) is -1.19. The first-order valence-corrected chi connectivity index (χ1v) is 5.00. The molecule has 2 N–H and O–H groups in total. The highest BCUT2D eigenvalue weighted by Gasteiger charge is 2.13. The number of nitrogens with one attached hydrogen (secondary N) is 1. The Morgan fingerprint density at radius 2 is 2.00 bits per heavy atom. The van der Waals surface area contributed by atoms with Crippen molar-refractivity contribution in [2.45, 2.75) is 0 Å². The number of rotatable bonds is 1. The van der Waals surface area contributed by atoms with E-state index in [0.717, 1.165) is 6.07 Å². The molecule has 0 saturated heterocycles. The lowest BCUT2D eigenvalue weighted by atomic mass is 10.1. The zero-order valence-corrected chi connectivity index (χ0v) is 9.26. The maximum atomic E-state index is 11.3. The molecule has 0 amide bonds. The number of hydrogen-bond donors (Lipinski definition) is 2. The lowest BCUT2D eigenvalue weighted by Gasteiger charge is -2.04. The average Bonchev–Trinajstić information content (AvgIpc) is 2.23. The van der Waals surface area contributed by atoms with Crippen molar-refractivity contribution in [2.75, 3.05) is 0 Å². The third kappa shape index (κ3) is 1.66. The number of carboxylic acid groups (broad SMARTS) is 1. The maximum absolute atomic E-state index is 11.3. The van der Waals surface area contributed by atoms with Gasteiger partial charge < -0.3 is 10.1 Å². The second-order valence-electron chi connectivity index (χ2n) is 3.14. The summed E-state index contributed by atoms with van der Waals surface area (Å²) in [7, 11) is 0. The zero-order valence-electron chi connectivity index (χ0n) is 7.75. The van der Waals surface area contributed by atoms with E-state index in [1.54, 1.807) is 0 Å². The van der Waals surface area contributed by atoms with Crippen LogP contribution in [0, 0.1) is 0 Å². The SMILES string of the molecule is O=C(O)c1cc(=O)[nH]c2c(Cl)c(Cl)ccc12. The van der Waals surface area contributed by atoms with E-state index in [2.05, 4.69) is 4.98 Å². The van der Waals surface area contributed by atoms with Gasteiger partial charge in [-0.05, 0) is 6.07 Å². The van der Waals surface area contributed by atoms with E-state index in [9.17, 15) is 9.59 Å². The van der Waals surface area contributed by atoms with E-state index in [-0.39, 0.29) is 21.1 Å². The Kier molecular flexibility index (Phi) is 2.61. The van der Waals surface area contributed by atoms with Crippen LogP contribution in [0.15, 0.2) is 23.0 Å². The Hall–Kier alpha value is -1.52. The predicted molar refractivity (Wildman–Crippen MR) is 61.5 cm³/mol. The lowest BCUT2D eigenvalue weighted by molar-refractivity contribution is 0.0699. The molecule has 2 aromatic rings. The van der Waals surface area contributed by atoms with E-state index >= 15 is 0 Å². The summed E-state index contributed by atoms with van der Waals surface area (Å²) in [6.07, 6.45) is 0. The van der Waals surface area contributed by atoms with Gasteiger partial charge >= 0.3 is 5.97 Å². The number of halogens is 2. The molecule has 0 aliphatic rings. The first kappa shape index (κ1) is 11.0. The second-order valence-corrected chi connectivity index (χ2v) is 3.92. The molecule has 0 unspecified atom stereocenters. The number of carbonyl (C=O) groups is 1. The number of pyridine rings is 1. The van der Waals surface area contributed by atoms with Crippen molar-refractivity contribution < 1.29 is 9.90 Å². The molecule has 0 radical (unpaired) electrons. The fourth-order valence-electron chi connectivity index (χ4n) is 1.44. The molecular weight excluding hydrogens is 253 g/mol. The number of H-pyrrole nitrogens is 1. The Balaban J connectivity index is 3.00. The molecule has 16 heavy (non-hydrogen) atoms. The van der Waals surface area contributed by atoms with Crippen molar-refractivity contribution in [3.8, 4) is 0 Å². The van der Waals surface area contributed by atoms with E-state index < -0.39 is 11.5 Å². The molecule has 0 spiro atoms. The molecule has 82 valence electrons. The number of aromatic carboxylic acids is 1. The van der Waals surface area contributed by atoms with E-state index in [4.69, 9.17) is 28.3 Å². The van der Waals surface area contributed by atoms with Gasteiger partial charge in [0, 0.05) is 11.5 Å². The molecule has 4 nitrogen and oxygen atoms in total. The summed E-state index contributed by atoms with van der Waals surface area (Å²) >= 11 is 11.7. The number of carboxylic acids is 1. The lowest BCUT2D eigenvalue weighted by Crippen LogP contribution is -2.10. The van der Waals surface area contributed by atoms with Gasteiger partial charge in [0.25, 0.3) is 0 Å². The van der Waals surface area contributed by atoms with Crippen LogP contribution >= 0.6 is 23.2 Å². The molecule has 6 heteroatoms. The van der Waals surface area contributed by atoms with Crippen LogP contribution in [0.25, 0.3) is 10.9 Å². The molecule has 1 heterocycles. The first-order chi connectivity index (χ1) is 7.50. The Morgan fingerprint density at radius 3 is 2.62 bits per heavy atom. The van der Waals surface area contributed by atoms with E-state index in [1.165, 1.54) is 12.1 Å². The fraction of sp³-hybridized carbons (Fsp3) is 0. The van der Waals surface area contributed by atoms with Gasteiger partial charge in [-0.15, -0.1) is 0 Å². The smallest absolute Gasteiger partial charge is 0.336 e. The average molecular weight is 258 g/mol. The topological polar surface area (TPSA) is 70.2 Å². The van der Waals surface area contributed by atoms with Crippen LogP contribution in [0.5, 0.6) is 0 Å². The summed E-state index contributed by atoms with van der Waals surface area (Å²) in [5, 5.41) is 9.68. The minimum Gasteiger partial charge on any atom is -0.478 e. The molecule has 2 rings (SSSR count). The highest BCUT2D eigenvalue weighted by molar-refractivity contribution is 6.45. The van der Waals surface area contributed by atoms with Crippen molar-refractivity contribution in [3.63, 3.8) is 0 Å². The van der Waals surface area contributed by atoms with Crippen LogP contribution < -0.4 is 5.56 Å². The molecular formula is C10H5Cl2NO3. The number of fused-ring (bicyclic) bond motifs is 1. The van der Waals surface area contributed by atoms with E-state index in [1.807, 2.05) is 0 Å². The maximum Gasteiger partial charge on any atom is 0.336 e. The molecule has 0 bridgehead atoms. The monoisotopic (exact) mass is 257 g/mol. The van der Waals surface area contributed by atoms with Crippen molar-refractivity contribution >= 4 is 40.1 Å². The van der Waals surface area contributed by atoms with Crippen molar-refractivity contribution in [1.82, 2.24) is 4.98 Å². The molecule has 1 aromatic carbocycles. The van der Waals surface area contributed by atoms with Gasteiger partial charge in [-0.2, -0.15) is 0 Å². The standard InChI is InChI=1S/C10H5Cl2NO3/c11-6-2-1-4-5(10(15)16)3-7(14)13-9(4)8(6)12/h1-3H,(H,13,14)(H,15,16). The summed E-state index contributed by atoms with van der Waals surface area (Å²) in [6, 6.07) is 3.99. The molecule has 0 saturated carbocycles. The molecule has 0 fully saturated rings. The van der Waals surface area contributed by atoms with Crippen LogP contribution in [-0.2, 0) is 0 Å². The van der Waals surface area contributed by atoms with Gasteiger partial charge in [0.15, 0.2) is 0 Å². The van der Waals surface area contributed by atoms with Gasteiger partial charge in [-0.3, -0.25) is 4.79 Å². The van der Waals surface area contributed by atoms with Crippen LogP contribution in [-0.4, -0.2) is 16.1 Å². The molecule has 0 aliphatic heterocycles. The highest BCUT2D eigenvalue weighted by atomic mass is 35.5. The number of hydrogen-bond acceptors (Lipinski definition) is 2. The van der Waals surface area contributed by atoms with Gasteiger partial charge in [-0.1, -0.05) is 29.3 Å². The van der Waals surface area contributed by atoms with Crippen molar-refractivity contribution in [1.29, 1.82) is 0 Å². The third-order valence-electron chi connectivity index (χ3n) is 2.14. The Morgan fingerprint density at radius 1 is 1.31 bits per heavy atom. The fourth-order valence-corrected chi connectivity index (χ4v) is 1.81. The Bertz CT molecular complexity index is 648. The summed E-state index contributed by atoms with van der Waals surface area (Å²) in [6.45, 7) is 0.